The van der Waals surface area contributed by atoms with Crippen molar-refractivity contribution >= 4 is 5.91 Å². The van der Waals surface area contributed by atoms with E-state index in [1.54, 1.807) is 24.3 Å². The van der Waals surface area contributed by atoms with Gasteiger partial charge in [-0.2, -0.15) is 0 Å². The van der Waals surface area contributed by atoms with Gasteiger partial charge >= 0.3 is 0 Å². The Morgan fingerprint density at radius 3 is 2.71 bits per heavy atom. The van der Waals surface area contributed by atoms with Crippen LogP contribution in [0, 0.1) is 0 Å². The van der Waals surface area contributed by atoms with Crippen LogP contribution in [-0.2, 0) is 9.63 Å². The van der Waals surface area contributed by atoms with E-state index < -0.39 is 12.0 Å². The Labute approximate surface area is 99.1 Å². The normalized spacial score (nSPS) is 27.5. The second-order valence-corrected chi connectivity index (χ2v) is 4.31. The van der Waals surface area contributed by atoms with Crippen molar-refractivity contribution in [1.82, 2.24) is 5.06 Å². The molecule has 17 heavy (non-hydrogen) atoms. The number of hydrogen-bond donors (Lipinski definition) is 1. The Balaban J connectivity index is 1.77. The first-order chi connectivity index (χ1) is 8.25. The lowest BCUT2D eigenvalue weighted by molar-refractivity contribution is -0.191. The minimum Gasteiger partial charge on any atom is -0.378 e. The van der Waals surface area contributed by atoms with Crippen LogP contribution in [0.15, 0.2) is 42.5 Å². The summed E-state index contributed by atoms with van der Waals surface area (Å²) in [6.45, 7) is 0. The van der Waals surface area contributed by atoms with Gasteiger partial charge in [-0.25, -0.2) is 5.06 Å². The Kier molecular flexibility index (Phi) is 2.46. The molecule has 3 atom stereocenters. The van der Waals surface area contributed by atoms with Crippen LogP contribution in [0.1, 0.15) is 18.1 Å². The maximum absolute atomic E-state index is 12.1. The van der Waals surface area contributed by atoms with Crippen molar-refractivity contribution in [3.8, 4) is 0 Å². The minimum absolute atomic E-state index is 0.00748. The number of hydroxylamine groups is 2. The lowest BCUT2D eigenvalue weighted by Crippen LogP contribution is -2.38. The first kappa shape index (κ1) is 10.5. The van der Waals surface area contributed by atoms with E-state index in [4.69, 9.17) is 4.84 Å². The Bertz CT molecular complexity index is 457. The van der Waals surface area contributed by atoms with E-state index in [9.17, 15) is 9.90 Å². The lowest BCUT2D eigenvalue weighted by Gasteiger charge is -2.25. The zero-order valence-corrected chi connectivity index (χ0v) is 9.19. The summed E-state index contributed by atoms with van der Waals surface area (Å²) in [7, 11) is 0. The number of rotatable bonds is 2. The van der Waals surface area contributed by atoms with Gasteiger partial charge in [-0.15, -0.1) is 0 Å². The van der Waals surface area contributed by atoms with Gasteiger partial charge < -0.3 is 5.11 Å². The maximum Gasteiger partial charge on any atom is 0.280 e. The summed E-state index contributed by atoms with van der Waals surface area (Å²) in [5, 5.41) is 11.3. The number of aliphatic hydroxyl groups is 1. The number of benzene rings is 1. The van der Waals surface area contributed by atoms with Crippen LogP contribution in [0.3, 0.4) is 0 Å². The van der Waals surface area contributed by atoms with Gasteiger partial charge in [-0.3, -0.25) is 9.63 Å². The third-order valence-corrected chi connectivity index (χ3v) is 3.14. The number of hydrogen-bond acceptors (Lipinski definition) is 3. The highest BCUT2D eigenvalue weighted by molar-refractivity contribution is 5.82. The van der Waals surface area contributed by atoms with Gasteiger partial charge in [0.1, 0.15) is 6.10 Å². The van der Waals surface area contributed by atoms with E-state index in [-0.39, 0.29) is 12.1 Å². The van der Waals surface area contributed by atoms with Gasteiger partial charge in [0, 0.05) is 6.42 Å². The predicted molar refractivity (Wildman–Crippen MR) is 60.7 cm³/mol. The first-order valence-electron chi connectivity index (χ1n) is 5.67. The SMILES string of the molecule is O=C([C@H](O)c1ccccc1)N1O[C@H]2C=C[C@@H]1C2. The van der Waals surface area contributed by atoms with Crippen LogP contribution < -0.4 is 0 Å². The van der Waals surface area contributed by atoms with Crippen molar-refractivity contribution in [3.63, 3.8) is 0 Å². The molecule has 3 rings (SSSR count). The number of carbonyl (C=O) groups excluding carboxylic acids is 1. The molecule has 0 radical (unpaired) electrons. The van der Waals surface area contributed by atoms with Crippen LogP contribution in [-0.4, -0.2) is 28.2 Å². The Morgan fingerprint density at radius 1 is 1.35 bits per heavy atom. The van der Waals surface area contributed by atoms with E-state index >= 15 is 0 Å². The molecule has 4 heteroatoms. The predicted octanol–water partition coefficient (Wildman–Crippen LogP) is 1.19. The molecule has 0 spiro atoms. The van der Waals surface area contributed by atoms with Gasteiger partial charge in [0.15, 0.2) is 6.10 Å². The molecule has 1 aliphatic heterocycles. The van der Waals surface area contributed by atoms with Crippen molar-refractivity contribution in [1.29, 1.82) is 0 Å². The molecule has 2 aliphatic rings. The number of carbonyl (C=O) groups is 1. The quantitative estimate of drug-likeness (QED) is 0.778. The van der Waals surface area contributed by atoms with Crippen molar-refractivity contribution in [3.05, 3.63) is 48.0 Å². The smallest absolute Gasteiger partial charge is 0.280 e. The van der Waals surface area contributed by atoms with Gasteiger partial charge in [0.05, 0.1) is 6.04 Å². The summed E-state index contributed by atoms with van der Waals surface area (Å²) < 4.78 is 0. The molecule has 0 aromatic heterocycles. The fourth-order valence-corrected chi connectivity index (χ4v) is 2.24. The molecule has 1 saturated heterocycles. The van der Waals surface area contributed by atoms with Gasteiger partial charge in [-0.1, -0.05) is 42.5 Å². The summed E-state index contributed by atoms with van der Waals surface area (Å²) in [4.78, 5) is 17.5. The largest absolute Gasteiger partial charge is 0.378 e. The minimum atomic E-state index is -1.15. The van der Waals surface area contributed by atoms with Crippen LogP contribution in [0.25, 0.3) is 0 Å². The third-order valence-electron chi connectivity index (χ3n) is 3.14. The second kappa shape index (κ2) is 3.98. The molecule has 1 aromatic rings. The molecule has 1 N–H and O–H groups in total. The maximum atomic E-state index is 12.1. The summed E-state index contributed by atoms with van der Waals surface area (Å²) in [6.07, 6.45) is 3.54. The zero-order chi connectivity index (χ0) is 11.8. The van der Waals surface area contributed by atoms with Crippen LogP contribution >= 0.6 is 0 Å². The topological polar surface area (TPSA) is 49.8 Å². The highest BCUT2D eigenvalue weighted by Gasteiger charge is 2.40. The molecule has 1 heterocycles. The average molecular weight is 231 g/mol. The van der Waals surface area contributed by atoms with E-state index in [2.05, 4.69) is 0 Å². The van der Waals surface area contributed by atoms with E-state index in [1.807, 2.05) is 18.2 Å². The van der Waals surface area contributed by atoms with Crippen molar-refractivity contribution in [2.45, 2.75) is 24.7 Å². The average Bonchev–Trinajstić information content (AvgIpc) is 3.00. The zero-order valence-electron chi connectivity index (χ0n) is 9.19. The molecule has 2 bridgehead atoms. The first-order valence-corrected chi connectivity index (χ1v) is 5.67. The molecule has 0 unspecified atom stereocenters. The van der Waals surface area contributed by atoms with Crippen molar-refractivity contribution < 1.29 is 14.7 Å². The van der Waals surface area contributed by atoms with Crippen molar-refractivity contribution in [2.75, 3.05) is 0 Å². The number of fused-ring (bicyclic) bond motifs is 2. The molecular formula is C13H13NO3. The molecule has 1 aliphatic carbocycles. The van der Waals surface area contributed by atoms with Crippen molar-refractivity contribution in [2.24, 2.45) is 0 Å². The summed E-state index contributed by atoms with van der Waals surface area (Å²) >= 11 is 0. The molecule has 0 saturated carbocycles. The highest BCUT2D eigenvalue weighted by atomic mass is 16.7. The van der Waals surface area contributed by atoms with E-state index in [1.165, 1.54) is 5.06 Å². The summed E-state index contributed by atoms with van der Waals surface area (Å²) in [5.41, 5.74) is 0.591. The summed E-state index contributed by atoms with van der Waals surface area (Å²) in [5.74, 6) is -0.395. The molecule has 88 valence electrons. The third kappa shape index (κ3) is 1.75. The van der Waals surface area contributed by atoms with Gasteiger partial charge in [0.25, 0.3) is 5.91 Å². The fraction of sp³-hybridized carbons (Fsp3) is 0.308. The number of aliphatic hydroxyl groups excluding tert-OH is 1. The van der Waals surface area contributed by atoms with Crippen LogP contribution in [0.4, 0.5) is 0 Å². The molecule has 1 amide bonds. The van der Waals surface area contributed by atoms with E-state index in [0.29, 0.717) is 5.56 Å². The Morgan fingerprint density at radius 2 is 2.12 bits per heavy atom. The molecule has 1 aromatic carbocycles. The highest BCUT2D eigenvalue weighted by Crippen LogP contribution is 2.31. The molecular weight excluding hydrogens is 218 g/mol. The van der Waals surface area contributed by atoms with Gasteiger partial charge in [0.2, 0.25) is 0 Å². The fourth-order valence-electron chi connectivity index (χ4n) is 2.24. The Hall–Kier alpha value is -1.65. The molecule has 1 fully saturated rings. The molecule has 4 nitrogen and oxygen atoms in total. The number of nitrogens with zero attached hydrogens (tertiary/aromatic N) is 1. The summed E-state index contributed by atoms with van der Waals surface area (Å²) in [6, 6.07) is 8.87. The van der Waals surface area contributed by atoms with E-state index in [0.717, 1.165) is 6.42 Å². The monoisotopic (exact) mass is 231 g/mol. The second-order valence-electron chi connectivity index (χ2n) is 4.31. The van der Waals surface area contributed by atoms with Crippen LogP contribution in [0.5, 0.6) is 0 Å². The standard InChI is InChI=1S/C13H13NO3/c15-12(9-4-2-1-3-5-9)13(16)14-10-6-7-11(8-10)17-14/h1-7,10-12,15H,8H2/t10-,11+,12-/m1/s1. The lowest BCUT2D eigenvalue weighted by atomic mass is 10.1. The van der Waals surface area contributed by atoms with Gasteiger partial charge in [-0.05, 0) is 5.56 Å². The van der Waals surface area contributed by atoms with Crippen LogP contribution in [0.2, 0.25) is 0 Å². The number of amides is 1.